The van der Waals surface area contributed by atoms with Crippen LogP contribution in [-0.2, 0) is 11.3 Å². The molecule has 0 saturated carbocycles. The van der Waals surface area contributed by atoms with Crippen LogP contribution in [0.5, 0.6) is 0 Å². The van der Waals surface area contributed by atoms with Crippen molar-refractivity contribution < 1.29 is 4.79 Å². The molecule has 1 unspecified atom stereocenters. The molecule has 1 amide bonds. The maximum absolute atomic E-state index is 11.1. The zero-order chi connectivity index (χ0) is 13.1. The molecule has 1 fully saturated rings. The first-order valence-electron chi connectivity index (χ1n) is 6.64. The summed E-state index contributed by atoms with van der Waals surface area (Å²) in [6, 6.07) is 8.69. The smallest absolute Gasteiger partial charge is 0.220 e. The standard InChI is InChI=1S/C15H17N3O/c19-15-5-4-13(10-18-15)17-9-12-3-1-2-11-8-16-7-6-14(11)12/h1-3,6-8,13,17H,4-5,9-10H2,(H,18,19). The minimum Gasteiger partial charge on any atom is -0.355 e. The number of piperidine rings is 1. The van der Waals surface area contributed by atoms with Crippen molar-refractivity contribution in [3.63, 3.8) is 0 Å². The molecule has 1 atom stereocenters. The number of pyridine rings is 1. The van der Waals surface area contributed by atoms with E-state index in [-0.39, 0.29) is 5.91 Å². The Bertz CT molecular complexity index is 581. The molecule has 98 valence electrons. The Morgan fingerprint density at radius 1 is 1.37 bits per heavy atom. The van der Waals surface area contributed by atoms with Crippen molar-refractivity contribution in [2.45, 2.75) is 25.4 Å². The maximum Gasteiger partial charge on any atom is 0.220 e. The van der Waals surface area contributed by atoms with E-state index in [0.29, 0.717) is 12.5 Å². The van der Waals surface area contributed by atoms with Crippen LogP contribution >= 0.6 is 0 Å². The van der Waals surface area contributed by atoms with Gasteiger partial charge in [0, 0.05) is 43.3 Å². The second-order valence-corrected chi connectivity index (χ2v) is 4.93. The zero-order valence-corrected chi connectivity index (χ0v) is 10.7. The number of carbonyl (C=O) groups is 1. The quantitative estimate of drug-likeness (QED) is 0.876. The third kappa shape index (κ3) is 2.74. The van der Waals surface area contributed by atoms with Crippen molar-refractivity contribution in [3.05, 3.63) is 42.2 Å². The van der Waals surface area contributed by atoms with E-state index < -0.39 is 0 Å². The molecule has 1 aromatic carbocycles. The third-order valence-corrected chi connectivity index (χ3v) is 3.62. The molecule has 0 bridgehead atoms. The fourth-order valence-corrected chi connectivity index (χ4v) is 2.51. The van der Waals surface area contributed by atoms with Gasteiger partial charge in [-0.15, -0.1) is 0 Å². The molecule has 0 spiro atoms. The lowest BCUT2D eigenvalue weighted by Crippen LogP contribution is -2.45. The molecular formula is C15H17N3O. The van der Waals surface area contributed by atoms with Crippen molar-refractivity contribution in [1.29, 1.82) is 0 Å². The summed E-state index contributed by atoms with van der Waals surface area (Å²) in [5.41, 5.74) is 1.27. The summed E-state index contributed by atoms with van der Waals surface area (Å²) in [7, 11) is 0. The average Bonchev–Trinajstić information content (AvgIpc) is 2.47. The molecule has 2 aromatic rings. The summed E-state index contributed by atoms with van der Waals surface area (Å²) >= 11 is 0. The summed E-state index contributed by atoms with van der Waals surface area (Å²) < 4.78 is 0. The minimum atomic E-state index is 0.161. The summed E-state index contributed by atoms with van der Waals surface area (Å²) in [6.07, 6.45) is 5.25. The molecule has 2 heterocycles. The van der Waals surface area contributed by atoms with Crippen LogP contribution in [0.25, 0.3) is 10.8 Å². The Hall–Kier alpha value is -1.94. The molecule has 1 aliphatic heterocycles. The highest BCUT2D eigenvalue weighted by molar-refractivity contribution is 5.84. The van der Waals surface area contributed by atoms with Crippen LogP contribution in [-0.4, -0.2) is 23.5 Å². The lowest BCUT2D eigenvalue weighted by molar-refractivity contribution is -0.122. The van der Waals surface area contributed by atoms with E-state index in [1.807, 2.05) is 12.4 Å². The van der Waals surface area contributed by atoms with Crippen molar-refractivity contribution in [2.24, 2.45) is 0 Å². The highest BCUT2D eigenvalue weighted by atomic mass is 16.1. The van der Waals surface area contributed by atoms with Crippen LogP contribution < -0.4 is 10.6 Å². The number of rotatable bonds is 3. The number of benzene rings is 1. The molecular weight excluding hydrogens is 238 g/mol. The van der Waals surface area contributed by atoms with E-state index in [1.54, 1.807) is 0 Å². The first kappa shape index (κ1) is 12.1. The van der Waals surface area contributed by atoms with Gasteiger partial charge < -0.3 is 10.6 Å². The van der Waals surface area contributed by atoms with E-state index in [9.17, 15) is 4.79 Å². The second-order valence-electron chi connectivity index (χ2n) is 4.93. The fraction of sp³-hybridized carbons (Fsp3) is 0.333. The van der Waals surface area contributed by atoms with Crippen LogP contribution in [0.15, 0.2) is 36.7 Å². The molecule has 1 saturated heterocycles. The van der Waals surface area contributed by atoms with E-state index in [0.717, 1.165) is 19.5 Å². The number of nitrogens with one attached hydrogen (secondary N) is 2. The topological polar surface area (TPSA) is 54.0 Å². The summed E-state index contributed by atoms with van der Waals surface area (Å²) in [5.74, 6) is 0.161. The molecule has 19 heavy (non-hydrogen) atoms. The van der Waals surface area contributed by atoms with Crippen molar-refractivity contribution >= 4 is 16.7 Å². The Kier molecular flexibility index (Phi) is 3.42. The Balaban J connectivity index is 1.70. The van der Waals surface area contributed by atoms with Crippen LogP contribution in [0, 0.1) is 0 Å². The molecule has 2 N–H and O–H groups in total. The molecule has 3 rings (SSSR count). The number of hydrogen-bond acceptors (Lipinski definition) is 3. The summed E-state index contributed by atoms with van der Waals surface area (Å²) in [6.45, 7) is 1.55. The normalized spacial score (nSPS) is 19.4. The largest absolute Gasteiger partial charge is 0.355 e. The van der Waals surface area contributed by atoms with Gasteiger partial charge in [-0.1, -0.05) is 18.2 Å². The summed E-state index contributed by atoms with van der Waals surface area (Å²) in [4.78, 5) is 15.3. The SMILES string of the molecule is O=C1CCC(NCc2cccc3cnccc23)CN1. The average molecular weight is 255 g/mol. The van der Waals surface area contributed by atoms with E-state index >= 15 is 0 Å². The van der Waals surface area contributed by atoms with Gasteiger partial charge in [-0.25, -0.2) is 0 Å². The molecule has 0 radical (unpaired) electrons. The van der Waals surface area contributed by atoms with Crippen LogP contribution in [0.2, 0.25) is 0 Å². The highest BCUT2D eigenvalue weighted by Crippen LogP contribution is 2.17. The van der Waals surface area contributed by atoms with Crippen molar-refractivity contribution in [2.75, 3.05) is 6.54 Å². The van der Waals surface area contributed by atoms with Gasteiger partial charge in [-0.2, -0.15) is 0 Å². The molecule has 4 heteroatoms. The number of fused-ring (bicyclic) bond motifs is 1. The highest BCUT2D eigenvalue weighted by Gasteiger charge is 2.17. The Morgan fingerprint density at radius 2 is 2.32 bits per heavy atom. The van der Waals surface area contributed by atoms with Gasteiger partial charge in [0.05, 0.1) is 0 Å². The second kappa shape index (κ2) is 5.36. The maximum atomic E-state index is 11.1. The van der Waals surface area contributed by atoms with Crippen LogP contribution in [0.4, 0.5) is 0 Å². The Morgan fingerprint density at radius 3 is 3.16 bits per heavy atom. The van der Waals surface area contributed by atoms with Gasteiger partial charge in [0.1, 0.15) is 0 Å². The van der Waals surface area contributed by atoms with Crippen molar-refractivity contribution in [3.8, 4) is 0 Å². The van der Waals surface area contributed by atoms with E-state index in [1.165, 1.54) is 16.3 Å². The van der Waals surface area contributed by atoms with Gasteiger partial charge in [0.2, 0.25) is 5.91 Å². The van der Waals surface area contributed by atoms with Gasteiger partial charge >= 0.3 is 0 Å². The lowest BCUT2D eigenvalue weighted by Gasteiger charge is -2.23. The minimum absolute atomic E-state index is 0.161. The first-order valence-corrected chi connectivity index (χ1v) is 6.64. The van der Waals surface area contributed by atoms with Gasteiger partial charge in [0.25, 0.3) is 0 Å². The van der Waals surface area contributed by atoms with E-state index in [4.69, 9.17) is 0 Å². The predicted molar refractivity (Wildman–Crippen MR) is 74.6 cm³/mol. The van der Waals surface area contributed by atoms with Gasteiger partial charge in [-0.3, -0.25) is 9.78 Å². The zero-order valence-electron chi connectivity index (χ0n) is 10.7. The van der Waals surface area contributed by atoms with E-state index in [2.05, 4.69) is 39.9 Å². The van der Waals surface area contributed by atoms with Crippen LogP contribution in [0.1, 0.15) is 18.4 Å². The fourth-order valence-electron chi connectivity index (χ4n) is 2.51. The van der Waals surface area contributed by atoms with Gasteiger partial charge in [0.15, 0.2) is 0 Å². The number of nitrogens with zero attached hydrogens (tertiary/aromatic N) is 1. The third-order valence-electron chi connectivity index (χ3n) is 3.62. The summed E-state index contributed by atoms with van der Waals surface area (Å²) in [5, 5.41) is 8.82. The number of carbonyl (C=O) groups excluding carboxylic acids is 1. The van der Waals surface area contributed by atoms with Gasteiger partial charge in [-0.05, 0) is 23.4 Å². The Labute approximate surface area is 112 Å². The molecule has 1 aliphatic rings. The number of hydrogen-bond donors (Lipinski definition) is 2. The van der Waals surface area contributed by atoms with Crippen molar-refractivity contribution in [1.82, 2.24) is 15.6 Å². The first-order chi connectivity index (χ1) is 9.33. The lowest BCUT2D eigenvalue weighted by atomic mass is 10.0. The number of amides is 1. The molecule has 4 nitrogen and oxygen atoms in total. The monoisotopic (exact) mass is 255 g/mol. The molecule has 1 aromatic heterocycles. The molecule has 0 aliphatic carbocycles. The predicted octanol–water partition coefficient (Wildman–Crippen LogP) is 1.60. The number of aromatic nitrogens is 1. The van der Waals surface area contributed by atoms with Crippen LogP contribution in [0.3, 0.4) is 0 Å².